The molecule has 2 aromatic rings. The Morgan fingerprint density at radius 2 is 1.86 bits per heavy atom. The second kappa shape index (κ2) is 7.21. The van der Waals surface area contributed by atoms with Gasteiger partial charge < -0.3 is 14.9 Å². The Bertz CT molecular complexity index is 687. The first kappa shape index (κ1) is 15.5. The van der Waals surface area contributed by atoms with Crippen LogP contribution >= 0.6 is 0 Å². The Balaban J connectivity index is 2.50. The molecule has 0 spiro atoms. The molecule has 2 rings (SSSR count). The lowest BCUT2D eigenvalue weighted by Gasteiger charge is -2.12. The van der Waals surface area contributed by atoms with E-state index in [4.69, 9.17) is 4.74 Å². The molecule has 0 bridgehead atoms. The van der Waals surface area contributed by atoms with Gasteiger partial charge in [-0.2, -0.15) is 0 Å². The summed E-state index contributed by atoms with van der Waals surface area (Å²) in [6.07, 6.45) is 0. The zero-order valence-electron chi connectivity index (χ0n) is 12.2. The summed E-state index contributed by atoms with van der Waals surface area (Å²) in [5, 5.41) is 6.01. The van der Waals surface area contributed by atoms with Crippen molar-refractivity contribution in [3.05, 3.63) is 59.9 Å². The van der Waals surface area contributed by atoms with E-state index in [0.717, 1.165) is 0 Å². The highest BCUT2D eigenvalue weighted by molar-refractivity contribution is 6.45. The molecule has 0 aliphatic carbocycles. The van der Waals surface area contributed by atoms with Crippen LogP contribution in [-0.2, 0) is 9.63 Å². The molecule has 0 aliphatic rings. The van der Waals surface area contributed by atoms with Crippen LogP contribution < -0.4 is 10.1 Å². The van der Waals surface area contributed by atoms with Gasteiger partial charge in [-0.25, -0.2) is 4.39 Å². The molecular formula is C16H15FN2O3. The summed E-state index contributed by atoms with van der Waals surface area (Å²) in [7, 11) is 2.70. The Labute approximate surface area is 127 Å². The van der Waals surface area contributed by atoms with Crippen LogP contribution in [0.5, 0.6) is 11.5 Å². The maximum absolute atomic E-state index is 14.2. The lowest BCUT2D eigenvalue weighted by Crippen LogP contribution is -2.29. The molecular weight excluding hydrogens is 287 g/mol. The quantitative estimate of drug-likeness (QED) is 0.682. The number of rotatable bonds is 5. The molecule has 5 nitrogen and oxygen atoms in total. The van der Waals surface area contributed by atoms with Gasteiger partial charge in [0, 0.05) is 7.05 Å². The van der Waals surface area contributed by atoms with Gasteiger partial charge in [-0.15, -0.1) is 0 Å². The number of nitrogens with one attached hydrogen (secondary N) is 1. The van der Waals surface area contributed by atoms with Crippen molar-refractivity contribution >= 4 is 11.6 Å². The van der Waals surface area contributed by atoms with Crippen LogP contribution in [0.15, 0.2) is 53.7 Å². The Morgan fingerprint density at radius 1 is 1.14 bits per heavy atom. The number of nitrogens with zero attached hydrogens (tertiary/aromatic N) is 1. The molecule has 0 unspecified atom stereocenters. The number of carbonyl (C=O) groups is 1. The van der Waals surface area contributed by atoms with Crippen LogP contribution in [0.4, 0.5) is 4.39 Å². The summed E-state index contributed by atoms with van der Waals surface area (Å²) in [5.74, 6) is -0.522. The van der Waals surface area contributed by atoms with Gasteiger partial charge in [-0.1, -0.05) is 29.4 Å². The monoisotopic (exact) mass is 302 g/mol. The van der Waals surface area contributed by atoms with E-state index in [1.807, 2.05) is 6.07 Å². The number of halogens is 1. The van der Waals surface area contributed by atoms with Gasteiger partial charge in [-0.3, -0.25) is 4.79 Å². The molecule has 1 N–H and O–H groups in total. The maximum atomic E-state index is 14.2. The van der Waals surface area contributed by atoms with Crippen LogP contribution in [0.25, 0.3) is 0 Å². The molecule has 6 heteroatoms. The van der Waals surface area contributed by atoms with Crippen LogP contribution in [0.1, 0.15) is 5.56 Å². The van der Waals surface area contributed by atoms with Crippen LogP contribution in [0.2, 0.25) is 0 Å². The van der Waals surface area contributed by atoms with Crippen molar-refractivity contribution < 1.29 is 18.8 Å². The Hall–Kier alpha value is -2.89. The third-order valence-electron chi connectivity index (χ3n) is 2.81. The summed E-state index contributed by atoms with van der Waals surface area (Å²) in [6.45, 7) is 0. The number of likely N-dealkylation sites (N-methyl/N-ethyl adjacent to an activating group) is 1. The molecule has 0 aliphatic heterocycles. The van der Waals surface area contributed by atoms with E-state index >= 15 is 0 Å². The number of para-hydroxylation sites is 1. The van der Waals surface area contributed by atoms with Gasteiger partial charge in [0.05, 0.1) is 5.56 Å². The standard InChI is InChI=1S/C16H15FN2O3/c1-18-16(20)15(19-21-2)14-12(17)9-6-10-13(14)22-11-7-4-3-5-8-11/h3-10H,1-2H3,(H,18,20)/b19-15-. The Kier molecular flexibility index (Phi) is 5.08. The zero-order chi connectivity index (χ0) is 15.9. The molecule has 2 aromatic carbocycles. The first-order chi connectivity index (χ1) is 10.7. The lowest BCUT2D eigenvalue weighted by molar-refractivity contribution is -0.114. The van der Waals surface area contributed by atoms with Crippen molar-refractivity contribution in [2.75, 3.05) is 14.2 Å². The Morgan fingerprint density at radius 3 is 2.50 bits per heavy atom. The minimum absolute atomic E-state index is 0.0625. The molecule has 1 amide bonds. The van der Waals surface area contributed by atoms with Gasteiger partial charge >= 0.3 is 0 Å². The van der Waals surface area contributed by atoms with E-state index in [9.17, 15) is 9.18 Å². The molecule has 0 fully saturated rings. The third kappa shape index (κ3) is 3.41. The van der Waals surface area contributed by atoms with E-state index in [1.54, 1.807) is 30.3 Å². The first-order valence-electron chi connectivity index (χ1n) is 6.52. The number of benzene rings is 2. The van der Waals surface area contributed by atoms with E-state index in [2.05, 4.69) is 15.3 Å². The van der Waals surface area contributed by atoms with E-state index < -0.39 is 11.7 Å². The molecule has 0 radical (unpaired) electrons. The van der Waals surface area contributed by atoms with Gasteiger partial charge in [0.2, 0.25) is 0 Å². The number of hydrogen-bond acceptors (Lipinski definition) is 4. The highest BCUT2D eigenvalue weighted by Crippen LogP contribution is 2.28. The third-order valence-corrected chi connectivity index (χ3v) is 2.81. The van der Waals surface area contributed by atoms with Crippen molar-refractivity contribution in [2.24, 2.45) is 5.16 Å². The fourth-order valence-corrected chi connectivity index (χ4v) is 1.85. The molecule has 22 heavy (non-hydrogen) atoms. The molecule has 0 saturated carbocycles. The van der Waals surface area contributed by atoms with Gasteiger partial charge in [-0.05, 0) is 24.3 Å². The minimum Gasteiger partial charge on any atom is -0.457 e. The summed E-state index contributed by atoms with van der Waals surface area (Å²) in [4.78, 5) is 16.6. The largest absolute Gasteiger partial charge is 0.457 e. The van der Waals surface area contributed by atoms with E-state index in [0.29, 0.717) is 5.75 Å². The average molecular weight is 302 g/mol. The second-order valence-electron chi connectivity index (χ2n) is 4.23. The topological polar surface area (TPSA) is 59.9 Å². The molecule has 0 aromatic heterocycles. The SMILES string of the molecule is CNC(=O)/C(=N\OC)c1c(F)cccc1Oc1ccccc1. The first-order valence-corrected chi connectivity index (χ1v) is 6.52. The lowest BCUT2D eigenvalue weighted by atomic mass is 10.1. The van der Waals surface area contributed by atoms with Gasteiger partial charge in [0.25, 0.3) is 5.91 Å². The van der Waals surface area contributed by atoms with Crippen molar-refractivity contribution in [1.29, 1.82) is 0 Å². The minimum atomic E-state index is -0.632. The predicted molar refractivity (Wildman–Crippen MR) is 80.5 cm³/mol. The van der Waals surface area contributed by atoms with Gasteiger partial charge in [0.1, 0.15) is 24.4 Å². The normalized spacial score (nSPS) is 11.0. The van der Waals surface area contributed by atoms with Crippen LogP contribution in [-0.4, -0.2) is 25.8 Å². The van der Waals surface area contributed by atoms with Crippen molar-refractivity contribution in [1.82, 2.24) is 5.32 Å². The molecule has 0 saturated heterocycles. The highest BCUT2D eigenvalue weighted by Gasteiger charge is 2.23. The fourth-order valence-electron chi connectivity index (χ4n) is 1.85. The number of carbonyl (C=O) groups excluding carboxylic acids is 1. The van der Waals surface area contributed by atoms with Crippen LogP contribution in [0.3, 0.4) is 0 Å². The number of ether oxygens (including phenoxy) is 1. The second-order valence-corrected chi connectivity index (χ2v) is 4.23. The summed E-state index contributed by atoms with van der Waals surface area (Å²) < 4.78 is 19.9. The van der Waals surface area contributed by atoms with Crippen molar-refractivity contribution in [3.8, 4) is 11.5 Å². The van der Waals surface area contributed by atoms with Crippen LogP contribution in [0, 0.1) is 5.82 Å². The predicted octanol–water partition coefficient (Wildman–Crippen LogP) is 2.71. The number of oxime groups is 1. The fraction of sp³-hybridized carbons (Fsp3) is 0.125. The van der Waals surface area contributed by atoms with Crippen molar-refractivity contribution in [2.45, 2.75) is 0 Å². The zero-order valence-corrected chi connectivity index (χ0v) is 12.2. The summed E-state index contributed by atoms with van der Waals surface area (Å²) in [5.41, 5.74) is -0.262. The highest BCUT2D eigenvalue weighted by atomic mass is 19.1. The maximum Gasteiger partial charge on any atom is 0.273 e. The molecule has 0 atom stereocenters. The number of hydrogen-bond donors (Lipinski definition) is 1. The van der Waals surface area contributed by atoms with E-state index in [1.165, 1.54) is 26.3 Å². The van der Waals surface area contributed by atoms with E-state index in [-0.39, 0.29) is 17.0 Å². The smallest absolute Gasteiger partial charge is 0.273 e. The van der Waals surface area contributed by atoms with Gasteiger partial charge in [0.15, 0.2) is 5.71 Å². The summed E-state index contributed by atoms with van der Waals surface area (Å²) >= 11 is 0. The van der Waals surface area contributed by atoms with Crippen molar-refractivity contribution in [3.63, 3.8) is 0 Å². The molecule has 0 heterocycles. The molecule has 114 valence electrons. The average Bonchev–Trinajstić information content (AvgIpc) is 2.54. The number of amides is 1. The summed E-state index contributed by atoms with van der Waals surface area (Å²) in [6, 6.07) is 13.1.